The van der Waals surface area contributed by atoms with E-state index in [2.05, 4.69) is 70.6 Å². The molecule has 0 aliphatic carbocycles. The van der Waals surface area contributed by atoms with Gasteiger partial charge in [-0.25, -0.2) is 0 Å². The predicted molar refractivity (Wildman–Crippen MR) is 103 cm³/mol. The fraction of sp³-hybridized carbons (Fsp3) is 0.261. The van der Waals surface area contributed by atoms with Crippen LogP contribution < -0.4 is 0 Å². The number of hydrogen-bond acceptors (Lipinski definition) is 2. The van der Waals surface area contributed by atoms with E-state index in [1.807, 2.05) is 12.4 Å². The van der Waals surface area contributed by atoms with Crippen molar-refractivity contribution in [2.24, 2.45) is 0 Å². The van der Waals surface area contributed by atoms with E-state index in [1.54, 1.807) is 0 Å². The largest absolute Gasteiger partial charge is 0.289 e. The van der Waals surface area contributed by atoms with E-state index in [4.69, 9.17) is 0 Å². The van der Waals surface area contributed by atoms with E-state index < -0.39 is 0 Å². The second kappa shape index (κ2) is 6.12. The summed E-state index contributed by atoms with van der Waals surface area (Å²) in [5.74, 6) is 0. The Morgan fingerprint density at radius 1 is 0.960 bits per heavy atom. The fourth-order valence-electron chi connectivity index (χ4n) is 4.46. The lowest BCUT2D eigenvalue weighted by atomic mass is 9.93. The molecule has 2 aliphatic rings. The summed E-state index contributed by atoms with van der Waals surface area (Å²) in [4.78, 5) is 6.92. The molecule has 2 nitrogen and oxygen atoms in total. The number of aromatic nitrogens is 1. The van der Waals surface area contributed by atoms with Gasteiger partial charge in [-0.15, -0.1) is 0 Å². The summed E-state index contributed by atoms with van der Waals surface area (Å²) in [6, 6.07) is 21.1. The normalized spacial score (nSPS) is 23.0. The van der Waals surface area contributed by atoms with Crippen molar-refractivity contribution >= 4 is 16.3 Å². The Balaban J connectivity index is 1.43. The second-order valence-electron chi connectivity index (χ2n) is 7.29. The van der Waals surface area contributed by atoms with Crippen molar-refractivity contribution in [3.8, 4) is 0 Å². The monoisotopic (exact) mass is 326 g/mol. The smallest absolute Gasteiger partial charge is 0.0346 e. The molecule has 3 aromatic rings. The zero-order chi connectivity index (χ0) is 16.6. The predicted octanol–water partition coefficient (Wildman–Crippen LogP) is 5.06. The summed E-state index contributed by atoms with van der Waals surface area (Å²) < 4.78 is 0. The Morgan fingerprint density at radius 2 is 1.88 bits per heavy atom. The van der Waals surface area contributed by atoms with Gasteiger partial charge in [0.05, 0.1) is 0 Å². The summed E-state index contributed by atoms with van der Waals surface area (Å²) in [6.07, 6.45) is 10.1. The summed E-state index contributed by atoms with van der Waals surface area (Å²) in [5.41, 5.74) is 4.33. The van der Waals surface area contributed by atoms with Crippen molar-refractivity contribution < 1.29 is 0 Å². The van der Waals surface area contributed by atoms with Gasteiger partial charge in [-0.3, -0.25) is 9.88 Å². The highest BCUT2D eigenvalue weighted by molar-refractivity contribution is 5.85. The summed E-state index contributed by atoms with van der Waals surface area (Å²) >= 11 is 0. The van der Waals surface area contributed by atoms with Gasteiger partial charge in [-0.1, -0.05) is 48.5 Å². The average molecular weight is 326 g/mol. The van der Waals surface area contributed by atoms with Crippen LogP contribution in [-0.2, 0) is 6.54 Å². The van der Waals surface area contributed by atoms with Crippen molar-refractivity contribution in [1.29, 1.82) is 0 Å². The van der Waals surface area contributed by atoms with Gasteiger partial charge in [-0.05, 0) is 53.5 Å². The third-order valence-corrected chi connectivity index (χ3v) is 5.76. The molecule has 2 atom stereocenters. The molecule has 0 amide bonds. The maximum atomic E-state index is 4.22. The Labute approximate surface area is 148 Å². The van der Waals surface area contributed by atoms with Crippen molar-refractivity contribution in [3.63, 3.8) is 0 Å². The van der Waals surface area contributed by atoms with Crippen LogP contribution in [0.2, 0.25) is 0 Å². The lowest BCUT2D eigenvalue weighted by molar-refractivity contribution is 0.203. The average Bonchev–Trinajstić information content (AvgIpc) is 2.90. The Hall–Kier alpha value is -2.45. The first-order valence-corrected chi connectivity index (χ1v) is 9.21. The lowest BCUT2D eigenvalue weighted by Crippen LogP contribution is -2.37. The molecule has 5 rings (SSSR count). The van der Waals surface area contributed by atoms with Crippen LogP contribution in [0.25, 0.3) is 16.3 Å². The van der Waals surface area contributed by atoms with E-state index in [9.17, 15) is 0 Å². The van der Waals surface area contributed by atoms with Crippen molar-refractivity contribution in [3.05, 3.63) is 84.2 Å². The molecule has 1 fully saturated rings. The quantitative estimate of drug-likeness (QED) is 0.669. The van der Waals surface area contributed by atoms with E-state index in [1.165, 1.54) is 46.7 Å². The van der Waals surface area contributed by atoms with Gasteiger partial charge in [-0.2, -0.15) is 0 Å². The standard InChI is InChI=1S/C23H22N2/c1-2-4-17(5-3-1)16-25-22-8-9-23(25)14-21(13-22)18-6-7-20-15-24-11-10-19(20)12-18/h1-7,10-13,15,22-23H,8-9,14,16H2. The molecule has 1 saturated heterocycles. The summed E-state index contributed by atoms with van der Waals surface area (Å²) in [5, 5.41) is 2.50. The van der Waals surface area contributed by atoms with E-state index >= 15 is 0 Å². The maximum absolute atomic E-state index is 4.22. The molecule has 1 aromatic heterocycles. The minimum absolute atomic E-state index is 0.585. The number of hydrogen-bond donors (Lipinski definition) is 0. The number of nitrogens with zero attached hydrogens (tertiary/aromatic N) is 2. The molecule has 2 aliphatic heterocycles. The Bertz CT molecular complexity index is 929. The highest BCUT2D eigenvalue weighted by Gasteiger charge is 2.36. The lowest BCUT2D eigenvalue weighted by Gasteiger charge is -2.34. The van der Waals surface area contributed by atoms with Crippen LogP contribution in [0.3, 0.4) is 0 Å². The Morgan fingerprint density at radius 3 is 2.76 bits per heavy atom. The maximum Gasteiger partial charge on any atom is 0.0346 e. The highest BCUT2D eigenvalue weighted by atomic mass is 15.2. The molecule has 0 radical (unpaired) electrons. The molecular weight excluding hydrogens is 304 g/mol. The van der Waals surface area contributed by atoms with Gasteiger partial charge >= 0.3 is 0 Å². The molecule has 0 saturated carbocycles. The number of fused-ring (bicyclic) bond motifs is 3. The number of rotatable bonds is 3. The molecule has 2 aromatic carbocycles. The first kappa shape index (κ1) is 14.9. The van der Waals surface area contributed by atoms with Gasteiger partial charge < -0.3 is 0 Å². The van der Waals surface area contributed by atoms with Gasteiger partial charge in [0.15, 0.2) is 0 Å². The highest BCUT2D eigenvalue weighted by Crippen LogP contribution is 2.39. The Kier molecular flexibility index (Phi) is 3.64. The topological polar surface area (TPSA) is 16.1 Å². The molecular formula is C23H22N2. The van der Waals surface area contributed by atoms with Crippen LogP contribution in [-0.4, -0.2) is 22.0 Å². The zero-order valence-electron chi connectivity index (χ0n) is 14.3. The van der Waals surface area contributed by atoms with Crippen LogP contribution in [0.4, 0.5) is 0 Å². The fourth-order valence-corrected chi connectivity index (χ4v) is 4.46. The van der Waals surface area contributed by atoms with Crippen molar-refractivity contribution in [2.45, 2.75) is 37.9 Å². The molecule has 0 N–H and O–H groups in total. The minimum Gasteiger partial charge on any atom is -0.289 e. The summed E-state index contributed by atoms with van der Waals surface area (Å²) in [7, 11) is 0. The van der Waals surface area contributed by atoms with Crippen LogP contribution in [0.15, 0.2) is 73.1 Å². The van der Waals surface area contributed by atoms with Crippen LogP contribution in [0.5, 0.6) is 0 Å². The van der Waals surface area contributed by atoms with E-state index in [0.717, 1.165) is 6.54 Å². The summed E-state index contributed by atoms with van der Waals surface area (Å²) in [6.45, 7) is 1.07. The van der Waals surface area contributed by atoms with Crippen LogP contribution in [0.1, 0.15) is 30.4 Å². The van der Waals surface area contributed by atoms with Crippen LogP contribution >= 0.6 is 0 Å². The number of benzene rings is 2. The molecule has 3 heterocycles. The zero-order valence-corrected chi connectivity index (χ0v) is 14.3. The molecule has 124 valence electrons. The molecule has 0 spiro atoms. The van der Waals surface area contributed by atoms with Gasteiger partial charge in [0.2, 0.25) is 0 Å². The minimum atomic E-state index is 0.585. The third kappa shape index (κ3) is 2.77. The van der Waals surface area contributed by atoms with Crippen molar-refractivity contribution in [2.75, 3.05) is 0 Å². The van der Waals surface area contributed by atoms with Gasteiger partial charge in [0.25, 0.3) is 0 Å². The molecule has 25 heavy (non-hydrogen) atoms. The molecule has 2 bridgehead atoms. The first-order chi connectivity index (χ1) is 12.4. The van der Waals surface area contributed by atoms with Crippen molar-refractivity contribution in [1.82, 2.24) is 9.88 Å². The molecule has 2 heteroatoms. The molecule has 2 unspecified atom stereocenters. The van der Waals surface area contributed by atoms with E-state index in [0.29, 0.717) is 12.1 Å². The van der Waals surface area contributed by atoms with Crippen LogP contribution in [0, 0.1) is 0 Å². The van der Waals surface area contributed by atoms with Gasteiger partial charge in [0.1, 0.15) is 0 Å². The second-order valence-corrected chi connectivity index (χ2v) is 7.29. The van der Waals surface area contributed by atoms with E-state index in [-0.39, 0.29) is 0 Å². The number of pyridine rings is 1. The SMILES string of the molecule is C1=C(c2ccc3cnccc3c2)CC2CCC1N2Cc1ccccc1. The first-order valence-electron chi connectivity index (χ1n) is 9.21. The van der Waals surface area contributed by atoms with Gasteiger partial charge in [0, 0.05) is 36.4 Å². The third-order valence-electron chi connectivity index (χ3n) is 5.76.